The number of ether oxygens (including phenoxy) is 1. The number of hydrogen-bond acceptors (Lipinski definition) is 10. The number of rotatable bonds is 13. The Labute approximate surface area is 247 Å². The van der Waals surface area contributed by atoms with E-state index < -0.39 is 29.8 Å². The summed E-state index contributed by atoms with van der Waals surface area (Å²) >= 11 is 0. The van der Waals surface area contributed by atoms with Crippen LogP contribution in [0.4, 0.5) is 4.39 Å². The zero-order valence-corrected chi connectivity index (χ0v) is 24.3. The second kappa shape index (κ2) is 14.5. The van der Waals surface area contributed by atoms with Crippen molar-refractivity contribution in [2.24, 2.45) is 0 Å². The summed E-state index contributed by atoms with van der Waals surface area (Å²) in [5, 5.41) is 22.0. The molecule has 0 fully saturated rings. The van der Waals surface area contributed by atoms with Gasteiger partial charge in [0.15, 0.2) is 6.10 Å². The minimum Gasteiger partial charge on any atom is -0.481 e. The number of aromatic nitrogens is 4. The fourth-order valence-electron chi connectivity index (χ4n) is 3.81. The van der Waals surface area contributed by atoms with Gasteiger partial charge in [0.25, 0.3) is 11.8 Å². The molecule has 2 heterocycles. The van der Waals surface area contributed by atoms with E-state index in [1.54, 1.807) is 19.1 Å². The molecule has 0 bridgehead atoms. The third-order valence-corrected chi connectivity index (χ3v) is 5.99. The molecule has 14 heteroatoms. The Kier molecular flexibility index (Phi) is 11.1. The predicted molar refractivity (Wildman–Crippen MR) is 152 cm³/mol. The van der Waals surface area contributed by atoms with Crippen molar-refractivity contribution >= 4 is 24.3 Å². The highest BCUT2D eigenvalue weighted by Crippen LogP contribution is 2.28. The molecule has 0 radical (unpaired) electrons. The van der Waals surface area contributed by atoms with Gasteiger partial charge in [-0.25, -0.2) is 4.39 Å². The molecular weight excluding hydrogens is 571 g/mol. The molecule has 0 aliphatic rings. The minimum absolute atomic E-state index is 0. The number of halogens is 2. The molecule has 4 rings (SSSR count). The largest absolute Gasteiger partial charge is 0.481 e. The Hall–Kier alpha value is -4.36. The number of carbonyl (C=O) groups is 2. The van der Waals surface area contributed by atoms with E-state index >= 15 is 0 Å². The SMILES string of the molecule is CCC(Oc1ccc(-c2noc(C(C)C)n2)cc1)c1nc(-c2ccc(C(=O)N[C@H](C)CNCC(=O)O)c(F)c2)no1.Cl. The average Bonchev–Trinajstić information content (AvgIpc) is 3.63. The maximum Gasteiger partial charge on any atom is 0.317 e. The average molecular weight is 603 g/mol. The van der Waals surface area contributed by atoms with E-state index in [1.165, 1.54) is 12.1 Å². The maximum atomic E-state index is 14.8. The Morgan fingerprint density at radius 3 is 2.19 bits per heavy atom. The second-order valence-corrected chi connectivity index (χ2v) is 9.70. The van der Waals surface area contributed by atoms with Crippen molar-refractivity contribution in [2.75, 3.05) is 13.1 Å². The van der Waals surface area contributed by atoms with Gasteiger partial charge in [0, 0.05) is 29.6 Å². The Morgan fingerprint density at radius 2 is 1.60 bits per heavy atom. The van der Waals surface area contributed by atoms with Gasteiger partial charge in [-0.3, -0.25) is 9.59 Å². The van der Waals surface area contributed by atoms with Crippen LogP contribution in [-0.2, 0) is 4.79 Å². The van der Waals surface area contributed by atoms with Crippen LogP contribution in [0.3, 0.4) is 0 Å². The van der Waals surface area contributed by atoms with Gasteiger partial charge >= 0.3 is 5.97 Å². The predicted octanol–water partition coefficient (Wildman–Crippen LogP) is 4.79. The molecule has 2 aromatic carbocycles. The number of amides is 1. The van der Waals surface area contributed by atoms with Gasteiger partial charge in [-0.1, -0.05) is 37.2 Å². The summed E-state index contributed by atoms with van der Waals surface area (Å²) in [6.45, 7) is 7.50. The number of carbonyl (C=O) groups excluding carboxylic acids is 1. The molecule has 224 valence electrons. The first kappa shape index (κ1) is 32.2. The van der Waals surface area contributed by atoms with E-state index in [0.717, 1.165) is 11.6 Å². The first-order chi connectivity index (χ1) is 19.6. The lowest BCUT2D eigenvalue weighted by Gasteiger charge is -2.14. The molecule has 2 aromatic heterocycles. The number of aliphatic carboxylic acids is 1. The number of nitrogens with one attached hydrogen (secondary N) is 2. The van der Waals surface area contributed by atoms with Crippen LogP contribution in [0.25, 0.3) is 22.8 Å². The Morgan fingerprint density at radius 1 is 0.976 bits per heavy atom. The van der Waals surface area contributed by atoms with E-state index in [2.05, 4.69) is 30.9 Å². The zero-order chi connectivity index (χ0) is 29.5. The van der Waals surface area contributed by atoms with Gasteiger partial charge in [0.2, 0.25) is 17.5 Å². The molecule has 2 atom stereocenters. The number of carboxylic acids is 1. The normalized spacial score (nSPS) is 12.4. The molecule has 12 nitrogen and oxygen atoms in total. The third kappa shape index (κ3) is 8.10. The molecule has 1 amide bonds. The van der Waals surface area contributed by atoms with E-state index in [9.17, 15) is 14.0 Å². The molecule has 3 N–H and O–H groups in total. The van der Waals surface area contributed by atoms with Crippen LogP contribution in [0.5, 0.6) is 5.75 Å². The van der Waals surface area contributed by atoms with Gasteiger partial charge in [0.05, 0.1) is 12.1 Å². The maximum absolute atomic E-state index is 14.8. The van der Waals surface area contributed by atoms with Crippen molar-refractivity contribution in [1.29, 1.82) is 0 Å². The van der Waals surface area contributed by atoms with E-state index in [-0.39, 0.29) is 48.7 Å². The quantitative estimate of drug-likeness (QED) is 0.192. The smallest absolute Gasteiger partial charge is 0.317 e. The first-order valence-electron chi connectivity index (χ1n) is 13.1. The highest BCUT2D eigenvalue weighted by molar-refractivity contribution is 5.95. The van der Waals surface area contributed by atoms with Gasteiger partial charge in [-0.2, -0.15) is 9.97 Å². The van der Waals surface area contributed by atoms with Crippen LogP contribution in [0.2, 0.25) is 0 Å². The topological polar surface area (TPSA) is 166 Å². The standard InChI is InChI=1S/C28H31FN6O6.ClH/c1-5-22(39-19-9-6-17(7-10-19)24-32-27(15(2)3)40-34-24)28-33-25(35-41-28)18-8-11-20(21(29)12-18)26(38)31-16(4)13-30-14-23(36)37;/h6-12,15-16,22,30H,5,13-14H2,1-4H3,(H,31,38)(H,36,37);1H/t16-,22?;/m1./s1. The summed E-state index contributed by atoms with van der Waals surface area (Å²) in [7, 11) is 0. The lowest BCUT2D eigenvalue weighted by atomic mass is 10.1. The number of carboxylic acid groups (broad SMARTS) is 1. The lowest BCUT2D eigenvalue weighted by Crippen LogP contribution is -2.41. The molecule has 0 aliphatic heterocycles. The van der Waals surface area contributed by atoms with Crippen molar-refractivity contribution in [3.05, 3.63) is 65.6 Å². The summed E-state index contributed by atoms with van der Waals surface area (Å²) < 4.78 is 31.6. The van der Waals surface area contributed by atoms with Crippen LogP contribution in [0.15, 0.2) is 51.5 Å². The Bertz CT molecular complexity index is 1490. The van der Waals surface area contributed by atoms with E-state index in [0.29, 0.717) is 29.4 Å². The highest BCUT2D eigenvalue weighted by Gasteiger charge is 2.22. The highest BCUT2D eigenvalue weighted by atomic mass is 35.5. The number of benzene rings is 2. The van der Waals surface area contributed by atoms with Gasteiger partial charge in [0.1, 0.15) is 11.6 Å². The van der Waals surface area contributed by atoms with Crippen LogP contribution < -0.4 is 15.4 Å². The summed E-state index contributed by atoms with van der Waals surface area (Å²) in [6.07, 6.45) is -0.0233. The molecule has 4 aromatic rings. The molecule has 42 heavy (non-hydrogen) atoms. The second-order valence-electron chi connectivity index (χ2n) is 9.70. The fraction of sp³-hybridized carbons (Fsp3) is 0.357. The van der Waals surface area contributed by atoms with Crippen molar-refractivity contribution in [3.8, 4) is 28.5 Å². The molecule has 1 unspecified atom stereocenters. The van der Waals surface area contributed by atoms with Crippen LogP contribution in [0, 0.1) is 5.82 Å². The van der Waals surface area contributed by atoms with Crippen molar-refractivity contribution in [3.63, 3.8) is 0 Å². The van der Waals surface area contributed by atoms with Gasteiger partial charge in [-0.15, -0.1) is 12.4 Å². The molecule has 0 spiro atoms. The summed E-state index contributed by atoms with van der Waals surface area (Å²) in [5.74, 6) is -0.277. The molecule has 0 saturated carbocycles. The molecular formula is C28H32ClFN6O6. The van der Waals surface area contributed by atoms with Crippen LogP contribution in [0.1, 0.15) is 68.3 Å². The summed E-state index contributed by atoms with van der Waals surface area (Å²) in [6, 6.07) is 10.8. The monoisotopic (exact) mass is 602 g/mol. The minimum atomic E-state index is -1.01. The van der Waals surface area contributed by atoms with E-state index in [4.69, 9.17) is 18.9 Å². The van der Waals surface area contributed by atoms with Crippen LogP contribution >= 0.6 is 12.4 Å². The van der Waals surface area contributed by atoms with Crippen molar-refractivity contribution < 1.29 is 32.9 Å². The molecule has 0 aliphatic carbocycles. The van der Waals surface area contributed by atoms with Crippen molar-refractivity contribution in [1.82, 2.24) is 30.9 Å². The van der Waals surface area contributed by atoms with E-state index in [1.807, 2.05) is 32.9 Å². The summed E-state index contributed by atoms with van der Waals surface area (Å²) in [5.41, 5.74) is 0.942. The van der Waals surface area contributed by atoms with Crippen LogP contribution in [-0.4, -0.2) is 56.4 Å². The Balaban J connectivity index is 0.00000484. The molecule has 0 saturated heterocycles. The zero-order valence-electron chi connectivity index (χ0n) is 23.5. The number of hydrogen-bond donors (Lipinski definition) is 3. The first-order valence-corrected chi connectivity index (χ1v) is 13.1. The summed E-state index contributed by atoms with van der Waals surface area (Å²) in [4.78, 5) is 31.9. The fourth-order valence-corrected chi connectivity index (χ4v) is 3.81. The van der Waals surface area contributed by atoms with Gasteiger partial charge < -0.3 is 29.5 Å². The van der Waals surface area contributed by atoms with Gasteiger partial charge in [-0.05, 0) is 49.7 Å². The third-order valence-electron chi connectivity index (χ3n) is 5.99. The lowest BCUT2D eigenvalue weighted by molar-refractivity contribution is -0.135. The number of nitrogens with zero attached hydrogens (tertiary/aromatic N) is 4. The van der Waals surface area contributed by atoms with Crippen molar-refractivity contribution in [2.45, 2.75) is 52.2 Å².